The van der Waals surface area contributed by atoms with E-state index in [1.165, 1.54) is 0 Å². The molecule has 0 bridgehead atoms. The first-order chi connectivity index (χ1) is 13.0. The Labute approximate surface area is 159 Å². The molecule has 6 heteroatoms. The van der Waals surface area contributed by atoms with Gasteiger partial charge in [0.25, 0.3) is 0 Å². The van der Waals surface area contributed by atoms with Crippen LogP contribution in [-0.2, 0) is 4.79 Å². The van der Waals surface area contributed by atoms with Gasteiger partial charge in [-0.3, -0.25) is 9.78 Å². The van der Waals surface area contributed by atoms with Gasteiger partial charge in [0.1, 0.15) is 11.5 Å². The van der Waals surface area contributed by atoms with Gasteiger partial charge in [0, 0.05) is 6.20 Å². The molecule has 0 aliphatic rings. The number of nitrogens with zero attached hydrogens (tertiary/aromatic N) is 4. The maximum absolute atomic E-state index is 12.7. The number of carbonyl (C=O) groups is 1. The van der Waals surface area contributed by atoms with E-state index in [2.05, 4.69) is 33.1 Å². The second-order valence-corrected chi connectivity index (χ2v) is 6.10. The summed E-state index contributed by atoms with van der Waals surface area (Å²) in [4.78, 5) is 25.3. The highest BCUT2D eigenvalue weighted by Crippen LogP contribution is 2.17. The molecule has 2 rings (SSSR count). The number of allylic oxidation sites excluding steroid dienone is 1. The van der Waals surface area contributed by atoms with Crippen molar-refractivity contribution in [2.45, 2.75) is 26.7 Å². The minimum atomic E-state index is -0.405. The number of carbonyl (C=O) groups excluding carboxylic acids is 1. The summed E-state index contributed by atoms with van der Waals surface area (Å²) in [6, 6.07) is 14.4. The van der Waals surface area contributed by atoms with Gasteiger partial charge in [-0.05, 0) is 62.9 Å². The number of benzene rings is 1. The molecule has 0 aliphatic heterocycles. The third kappa shape index (κ3) is 5.19. The van der Waals surface area contributed by atoms with Gasteiger partial charge in [0.2, 0.25) is 5.91 Å². The van der Waals surface area contributed by atoms with E-state index in [-0.39, 0.29) is 5.91 Å². The minimum Gasteiger partial charge on any atom is -0.310 e. The van der Waals surface area contributed by atoms with E-state index < -0.39 is 5.92 Å². The molecule has 0 saturated heterocycles. The van der Waals surface area contributed by atoms with Gasteiger partial charge >= 0.3 is 0 Å². The van der Waals surface area contributed by atoms with Crippen molar-refractivity contribution in [3.63, 3.8) is 0 Å². The Bertz CT molecular complexity index is 917. The number of aromatic nitrogens is 1. The van der Waals surface area contributed by atoms with Crippen LogP contribution in [0.4, 0.5) is 0 Å². The second-order valence-electron chi connectivity index (χ2n) is 6.10. The molecule has 1 N–H and O–H groups in total. The number of hydrogen-bond acceptors (Lipinski definition) is 4. The third-order valence-electron chi connectivity index (χ3n) is 3.91. The zero-order chi connectivity index (χ0) is 19.8. The molecule has 6 nitrogen and oxygen atoms in total. The standard InChI is InChI=1S/C21H21N5O/c1-14(2)19(25-20(23-4)18-7-5-6-12-24-18)26-21(27)15(3)17-10-8-16(13-22)9-11-17/h5-12,15H,4H2,1-3H3,(H,26,27). The number of nitriles is 1. The van der Waals surface area contributed by atoms with Crippen LogP contribution in [0.5, 0.6) is 0 Å². The first kappa shape index (κ1) is 19.7. The summed E-state index contributed by atoms with van der Waals surface area (Å²) in [7, 11) is 0. The van der Waals surface area contributed by atoms with Crippen LogP contribution in [0.3, 0.4) is 0 Å². The van der Waals surface area contributed by atoms with E-state index in [1.54, 1.807) is 49.5 Å². The Morgan fingerprint density at radius 3 is 2.44 bits per heavy atom. The van der Waals surface area contributed by atoms with Crippen LogP contribution in [0.1, 0.15) is 43.5 Å². The van der Waals surface area contributed by atoms with Crippen molar-refractivity contribution < 1.29 is 4.79 Å². The van der Waals surface area contributed by atoms with Gasteiger partial charge in [-0.2, -0.15) is 5.26 Å². The molecule has 2 aromatic rings. The number of nitrogens with one attached hydrogen (secondary N) is 1. The third-order valence-corrected chi connectivity index (χ3v) is 3.91. The number of amidine groups is 1. The van der Waals surface area contributed by atoms with Gasteiger partial charge < -0.3 is 5.32 Å². The Kier molecular flexibility index (Phi) is 6.73. The number of hydrogen-bond donors (Lipinski definition) is 1. The molecule has 1 atom stereocenters. The largest absolute Gasteiger partial charge is 0.310 e. The lowest BCUT2D eigenvalue weighted by Crippen LogP contribution is -2.28. The summed E-state index contributed by atoms with van der Waals surface area (Å²) in [5, 5.41) is 11.7. The van der Waals surface area contributed by atoms with Crippen LogP contribution >= 0.6 is 0 Å². The Morgan fingerprint density at radius 1 is 1.22 bits per heavy atom. The zero-order valence-corrected chi connectivity index (χ0v) is 15.6. The number of rotatable bonds is 5. The highest BCUT2D eigenvalue weighted by molar-refractivity contribution is 6.00. The van der Waals surface area contributed by atoms with Crippen molar-refractivity contribution >= 4 is 18.5 Å². The zero-order valence-electron chi connectivity index (χ0n) is 15.6. The molecule has 0 fully saturated rings. The summed E-state index contributed by atoms with van der Waals surface area (Å²) >= 11 is 0. The Balaban J connectivity index is 2.24. The van der Waals surface area contributed by atoms with E-state index in [9.17, 15) is 4.79 Å². The maximum atomic E-state index is 12.7. The Morgan fingerprint density at radius 2 is 1.93 bits per heavy atom. The molecule has 1 unspecified atom stereocenters. The second kappa shape index (κ2) is 9.20. The van der Waals surface area contributed by atoms with Gasteiger partial charge in [0.15, 0.2) is 5.84 Å². The molecule has 0 spiro atoms. The molecule has 136 valence electrons. The molecule has 0 saturated carbocycles. The average Bonchev–Trinajstić information content (AvgIpc) is 2.70. The molecule has 1 amide bonds. The highest BCUT2D eigenvalue weighted by Gasteiger charge is 2.17. The summed E-state index contributed by atoms with van der Waals surface area (Å²) in [5.41, 5.74) is 2.77. The first-order valence-electron chi connectivity index (χ1n) is 8.41. The van der Waals surface area contributed by atoms with Crippen molar-refractivity contribution in [1.82, 2.24) is 10.3 Å². The van der Waals surface area contributed by atoms with Gasteiger partial charge in [-0.15, -0.1) is 0 Å². The van der Waals surface area contributed by atoms with Crippen molar-refractivity contribution in [2.24, 2.45) is 9.98 Å². The highest BCUT2D eigenvalue weighted by atomic mass is 16.2. The fraction of sp³-hybridized carbons (Fsp3) is 0.190. The van der Waals surface area contributed by atoms with Crippen molar-refractivity contribution in [2.75, 3.05) is 0 Å². The molecule has 1 aromatic carbocycles. The molecular weight excluding hydrogens is 338 g/mol. The summed E-state index contributed by atoms with van der Waals surface area (Å²) in [6.45, 7) is 9.05. The lowest BCUT2D eigenvalue weighted by molar-refractivity contribution is -0.121. The smallest absolute Gasteiger partial charge is 0.232 e. The first-order valence-corrected chi connectivity index (χ1v) is 8.41. The summed E-state index contributed by atoms with van der Waals surface area (Å²) in [5.74, 6) is 0.132. The average molecular weight is 359 g/mol. The molecule has 1 aromatic heterocycles. The van der Waals surface area contributed by atoms with Crippen LogP contribution in [0.25, 0.3) is 0 Å². The van der Waals surface area contributed by atoms with Crippen molar-refractivity contribution in [1.29, 1.82) is 5.26 Å². The fourth-order valence-electron chi connectivity index (χ4n) is 2.26. The predicted molar refractivity (Wildman–Crippen MR) is 106 cm³/mol. The SMILES string of the molecule is C=NC(=NC(NC(=O)C(C)c1ccc(C#N)cc1)=C(C)C)c1ccccn1. The maximum Gasteiger partial charge on any atom is 0.232 e. The summed E-state index contributed by atoms with van der Waals surface area (Å²) in [6.07, 6.45) is 1.64. The molecule has 1 heterocycles. The van der Waals surface area contributed by atoms with Gasteiger partial charge in [0.05, 0.1) is 17.6 Å². The van der Waals surface area contributed by atoms with Gasteiger partial charge in [-0.25, -0.2) is 9.98 Å². The van der Waals surface area contributed by atoms with E-state index in [0.717, 1.165) is 11.1 Å². The number of pyridine rings is 1. The van der Waals surface area contributed by atoms with Crippen molar-refractivity contribution in [3.8, 4) is 6.07 Å². The molecule has 0 aliphatic carbocycles. The predicted octanol–water partition coefficient (Wildman–Crippen LogP) is 3.57. The van der Waals surface area contributed by atoms with Gasteiger partial charge in [-0.1, -0.05) is 18.2 Å². The van der Waals surface area contributed by atoms with Crippen molar-refractivity contribution in [3.05, 3.63) is 76.9 Å². The lowest BCUT2D eigenvalue weighted by Gasteiger charge is -2.14. The Hall–Kier alpha value is -3.59. The van der Waals surface area contributed by atoms with Crippen LogP contribution in [0.15, 0.2) is 70.0 Å². The summed E-state index contributed by atoms with van der Waals surface area (Å²) < 4.78 is 0. The monoisotopic (exact) mass is 359 g/mol. The van der Waals surface area contributed by atoms with Crippen LogP contribution < -0.4 is 5.32 Å². The van der Waals surface area contributed by atoms with Crippen LogP contribution in [0, 0.1) is 11.3 Å². The molecule has 0 radical (unpaired) electrons. The van der Waals surface area contributed by atoms with Crippen LogP contribution in [-0.4, -0.2) is 23.4 Å². The van der Waals surface area contributed by atoms with E-state index in [0.29, 0.717) is 22.9 Å². The number of amides is 1. The molecule has 27 heavy (non-hydrogen) atoms. The minimum absolute atomic E-state index is 0.205. The van der Waals surface area contributed by atoms with E-state index >= 15 is 0 Å². The topological polar surface area (TPSA) is 90.5 Å². The van der Waals surface area contributed by atoms with E-state index in [4.69, 9.17) is 5.26 Å². The fourth-order valence-corrected chi connectivity index (χ4v) is 2.26. The quantitative estimate of drug-likeness (QED) is 0.653. The van der Waals surface area contributed by atoms with E-state index in [1.807, 2.05) is 19.9 Å². The van der Waals surface area contributed by atoms with Crippen LogP contribution in [0.2, 0.25) is 0 Å². The molecular formula is C21H21N5O. The number of aliphatic imine (C=N–C) groups is 2. The normalized spacial score (nSPS) is 11.9. The lowest BCUT2D eigenvalue weighted by atomic mass is 9.99.